The Bertz CT molecular complexity index is 275. The van der Waals surface area contributed by atoms with Crippen molar-refractivity contribution >= 4 is 0 Å². The standard InChI is InChI=1S/C14H25F3N2/c1-2-5-13(6-8-18-9-7-13)10-19(12-3-4-12)11-14(15,16)17/h12,18H,2-11H2,1H3. The van der Waals surface area contributed by atoms with Crippen molar-refractivity contribution in [2.24, 2.45) is 5.41 Å². The lowest BCUT2D eigenvalue weighted by molar-refractivity contribution is -0.151. The van der Waals surface area contributed by atoms with Gasteiger partial charge in [0.15, 0.2) is 0 Å². The summed E-state index contributed by atoms with van der Waals surface area (Å²) in [5.41, 5.74) is 0.105. The Morgan fingerprint density at radius 3 is 2.32 bits per heavy atom. The molecule has 0 bridgehead atoms. The highest BCUT2D eigenvalue weighted by atomic mass is 19.4. The second-order valence-electron chi connectivity index (χ2n) is 6.25. The average molecular weight is 278 g/mol. The maximum Gasteiger partial charge on any atom is 0.401 e. The first-order valence-corrected chi connectivity index (χ1v) is 7.46. The number of hydrogen-bond acceptors (Lipinski definition) is 2. The lowest BCUT2D eigenvalue weighted by atomic mass is 9.75. The smallest absolute Gasteiger partial charge is 0.317 e. The van der Waals surface area contributed by atoms with Crippen molar-refractivity contribution in [3.8, 4) is 0 Å². The Kier molecular flexibility index (Phi) is 4.77. The minimum atomic E-state index is -4.07. The zero-order valence-corrected chi connectivity index (χ0v) is 11.7. The van der Waals surface area contributed by atoms with E-state index in [-0.39, 0.29) is 11.5 Å². The molecule has 0 aromatic rings. The van der Waals surface area contributed by atoms with Crippen molar-refractivity contribution in [2.45, 2.75) is 57.7 Å². The SMILES string of the molecule is CCCC1(CN(CC(F)(F)F)C2CC2)CCNCC1. The molecule has 0 unspecified atom stereocenters. The van der Waals surface area contributed by atoms with E-state index in [0.717, 1.165) is 51.6 Å². The number of piperidine rings is 1. The summed E-state index contributed by atoms with van der Waals surface area (Å²) < 4.78 is 38.1. The van der Waals surface area contributed by atoms with Gasteiger partial charge in [-0.25, -0.2) is 0 Å². The van der Waals surface area contributed by atoms with Gasteiger partial charge in [-0.1, -0.05) is 13.3 Å². The van der Waals surface area contributed by atoms with Gasteiger partial charge in [-0.3, -0.25) is 4.90 Å². The fourth-order valence-electron chi connectivity index (χ4n) is 3.39. The Morgan fingerprint density at radius 1 is 1.21 bits per heavy atom. The molecule has 2 aliphatic rings. The van der Waals surface area contributed by atoms with Crippen LogP contribution in [0, 0.1) is 5.41 Å². The molecule has 2 rings (SSSR count). The van der Waals surface area contributed by atoms with E-state index in [1.54, 1.807) is 4.90 Å². The Balaban J connectivity index is 2.00. The molecule has 0 radical (unpaired) electrons. The zero-order chi connectivity index (χ0) is 13.9. The summed E-state index contributed by atoms with van der Waals surface area (Å²) in [5.74, 6) is 0. The van der Waals surface area contributed by atoms with Crippen LogP contribution in [0.5, 0.6) is 0 Å². The molecule has 0 aromatic heterocycles. The van der Waals surface area contributed by atoms with Gasteiger partial charge in [0, 0.05) is 12.6 Å². The van der Waals surface area contributed by atoms with E-state index in [0.29, 0.717) is 6.54 Å². The third kappa shape index (κ3) is 4.63. The van der Waals surface area contributed by atoms with Gasteiger partial charge < -0.3 is 5.32 Å². The largest absolute Gasteiger partial charge is 0.401 e. The van der Waals surface area contributed by atoms with E-state index in [9.17, 15) is 13.2 Å². The van der Waals surface area contributed by atoms with Crippen LogP contribution in [0.4, 0.5) is 13.2 Å². The summed E-state index contributed by atoms with van der Waals surface area (Å²) in [6.45, 7) is 3.94. The summed E-state index contributed by atoms with van der Waals surface area (Å²) in [4.78, 5) is 1.71. The Morgan fingerprint density at radius 2 is 1.84 bits per heavy atom. The summed E-state index contributed by atoms with van der Waals surface area (Å²) in [7, 11) is 0. The monoisotopic (exact) mass is 278 g/mol. The molecule has 1 aliphatic carbocycles. The maximum absolute atomic E-state index is 12.7. The average Bonchev–Trinajstić information content (AvgIpc) is 3.11. The van der Waals surface area contributed by atoms with Gasteiger partial charge >= 0.3 is 6.18 Å². The molecule has 19 heavy (non-hydrogen) atoms. The normalized spacial score (nSPS) is 23.8. The maximum atomic E-state index is 12.7. The first kappa shape index (κ1) is 15.1. The fourth-order valence-corrected chi connectivity index (χ4v) is 3.39. The molecule has 0 aromatic carbocycles. The molecule has 112 valence electrons. The zero-order valence-electron chi connectivity index (χ0n) is 11.7. The van der Waals surface area contributed by atoms with Crippen LogP contribution in [-0.2, 0) is 0 Å². The number of rotatable bonds is 6. The van der Waals surface area contributed by atoms with Crippen LogP contribution in [0.3, 0.4) is 0 Å². The molecule has 0 spiro atoms. The minimum Gasteiger partial charge on any atom is -0.317 e. The summed E-state index contributed by atoms with van der Waals surface area (Å²) in [6.07, 6.45) is 1.96. The molecule has 2 fully saturated rings. The van der Waals surface area contributed by atoms with Gasteiger partial charge in [0.25, 0.3) is 0 Å². The summed E-state index contributed by atoms with van der Waals surface area (Å²) in [6, 6.07) is 0.185. The van der Waals surface area contributed by atoms with E-state index in [1.165, 1.54) is 0 Å². The minimum absolute atomic E-state index is 0.105. The van der Waals surface area contributed by atoms with Gasteiger partial charge in [-0.15, -0.1) is 0 Å². The number of halogens is 3. The second-order valence-corrected chi connectivity index (χ2v) is 6.25. The lowest BCUT2D eigenvalue weighted by Gasteiger charge is -2.42. The van der Waals surface area contributed by atoms with E-state index in [2.05, 4.69) is 12.2 Å². The highest BCUT2D eigenvalue weighted by Gasteiger charge is 2.42. The quantitative estimate of drug-likeness (QED) is 0.802. The van der Waals surface area contributed by atoms with Crippen LogP contribution < -0.4 is 5.32 Å². The first-order chi connectivity index (χ1) is 8.94. The van der Waals surface area contributed by atoms with Gasteiger partial charge in [-0.2, -0.15) is 13.2 Å². The summed E-state index contributed by atoms with van der Waals surface area (Å²) in [5, 5.41) is 3.32. The summed E-state index contributed by atoms with van der Waals surface area (Å²) >= 11 is 0. The van der Waals surface area contributed by atoms with E-state index in [1.807, 2.05) is 0 Å². The molecular weight excluding hydrogens is 253 g/mol. The van der Waals surface area contributed by atoms with Crippen molar-refractivity contribution in [3.63, 3.8) is 0 Å². The number of alkyl halides is 3. The van der Waals surface area contributed by atoms with Gasteiger partial charge in [0.2, 0.25) is 0 Å². The number of nitrogens with one attached hydrogen (secondary N) is 1. The predicted molar refractivity (Wildman–Crippen MR) is 70.1 cm³/mol. The fraction of sp³-hybridized carbons (Fsp3) is 1.00. The van der Waals surface area contributed by atoms with Crippen LogP contribution >= 0.6 is 0 Å². The third-order valence-corrected chi connectivity index (χ3v) is 4.43. The van der Waals surface area contributed by atoms with Crippen LogP contribution in [0.2, 0.25) is 0 Å². The Labute approximate surface area is 113 Å². The van der Waals surface area contributed by atoms with Crippen molar-refractivity contribution in [3.05, 3.63) is 0 Å². The molecule has 1 heterocycles. The lowest BCUT2D eigenvalue weighted by Crippen LogP contribution is -2.47. The van der Waals surface area contributed by atoms with Gasteiger partial charge in [0.05, 0.1) is 6.54 Å². The Hall–Kier alpha value is -0.290. The molecule has 0 atom stereocenters. The topological polar surface area (TPSA) is 15.3 Å². The van der Waals surface area contributed by atoms with E-state index >= 15 is 0 Å². The molecule has 0 amide bonds. The van der Waals surface area contributed by atoms with E-state index < -0.39 is 12.7 Å². The van der Waals surface area contributed by atoms with Crippen LogP contribution in [-0.4, -0.2) is 43.3 Å². The molecule has 1 aliphatic heterocycles. The third-order valence-electron chi connectivity index (χ3n) is 4.43. The highest BCUT2D eigenvalue weighted by molar-refractivity contribution is 4.93. The van der Waals surface area contributed by atoms with Crippen molar-refractivity contribution in [2.75, 3.05) is 26.2 Å². The predicted octanol–water partition coefficient (Wildman–Crippen LogP) is 3.18. The second kappa shape index (κ2) is 6.00. The molecule has 5 heteroatoms. The van der Waals surface area contributed by atoms with Crippen molar-refractivity contribution < 1.29 is 13.2 Å². The van der Waals surface area contributed by atoms with E-state index in [4.69, 9.17) is 0 Å². The van der Waals surface area contributed by atoms with Crippen LogP contribution in [0.1, 0.15) is 45.4 Å². The van der Waals surface area contributed by atoms with Gasteiger partial charge in [-0.05, 0) is 50.6 Å². The molecule has 2 nitrogen and oxygen atoms in total. The molecule has 1 saturated heterocycles. The highest BCUT2D eigenvalue weighted by Crippen LogP contribution is 2.39. The first-order valence-electron chi connectivity index (χ1n) is 7.46. The molecular formula is C14H25F3N2. The molecule has 1 saturated carbocycles. The van der Waals surface area contributed by atoms with Crippen LogP contribution in [0.25, 0.3) is 0 Å². The van der Waals surface area contributed by atoms with Crippen LogP contribution in [0.15, 0.2) is 0 Å². The molecule has 1 N–H and O–H groups in total. The number of hydrogen-bond donors (Lipinski definition) is 1. The van der Waals surface area contributed by atoms with Gasteiger partial charge in [0.1, 0.15) is 0 Å². The number of nitrogens with zero attached hydrogens (tertiary/aromatic N) is 1. The van der Waals surface area contributed by atoms with Crippen molar-refractivity contribution in [1.29, 1.82) is 0 Å². The van der Waals surface area contributed by atoms with Crippen molar-refractivity contribution in [1.82, 2.24) is 10.2 Å².